The van der Waals surface area contributed by atoms with Crippen LogP contribution < -0.4 is 0 Å². The second-order valence-electron chi connectivity index (χ2n) is 7.01. The molecule has 0 N–H and O–H groups in total. The molecule has 1 nitrogen and oxygen atoms in total. The lowest BCUT2D eigenvalue weighted by Crippen LogP contribution is -1.93. The molecule has 0 amide bonds. The van der Waals surface area contributed by atoms with Gasteiger partial charge < -0.3 is 0 Å². The van der Waals surface area contributed by atoms with Gasteiger partial charge in [0.05, 0.1) is 5.69 Å². The molecule has 1 fully saturated rings. The third kappa shape index (κ3) is 3.91. The number of benzene rings is 2. The van der Waals surface area contributed by atoms with E-state index in [0.717, 1.165) is 30.0 Å². The van der Waals surface area contributed by atoms with Crippen LogP contribution in [-0.4, -0.2) is 4.98 Å². The Hall–Kier alpha value is -2.59. The van der Waals surface area contributed by atoms with Gasteiger partial charge >= 0.3 is 0 Å². The molecular formula is C24H23N. The quantitative estimate of drug-likeness (QED) is 0.558. The Morgan fingerprint density at radius 1 is 0.920 bits per heavy atom. The zero-order valence-electron chi connectivity index (χ0n) is 14.5. The molecule has 1 aliphatic carbocycles. The van der Waals surface area contributed by atoms with Crippen molar-refractivity contribution in [3.05, 3.63) is 77.6 Å². The molecule has 1 heterocycles. The topological polar surface area (TPSA) is 12.9 Å². The summed E-state index contributed by atoms with van der Waals surface area (Å²) in [6.45, 7) is 0. The predicted octanol–water partition coefficient (Wildman–Crippen LogP) is 5.76. The minimum Gasteiger partial charge on any atom is -0.260 e. The van der Waals surface area contributed by atoms with Gasteiger partial charge in [-0.25, -0.2) is 0 Å². The Balaban J connectivity index is 1.46. The smallest absolute Gasteiger partial charge is 0.0525 e. The van der Waals surface area contributed by atoms with Crippen LogP contribution in [0.3, 0.4) is 0 Å². The molecule has 4 rings (SSSR count). The van der Waals surface area contributed by atoms with E-state index in [4.69, 9.17) is 0 Å². The lowest BCUT2D eigenvalue weighted by Gasteiger charge is -2.06. The third-order valence-electron chi connectivity index (χ3n) is 5.18. The van der Waals surface area contributed by atoms with Gasteiger partial charge in [0.25, 0.3) is 0 Å². The molecule has 0 atom stereocenters. The van der Waals surface area contributed by atoms with Crippen LogP contribution in [0.4, 0.5) is 0 Å². The molecule has 0 spiro atoms. The maximum atomic E-state index is 4.59. The van der Waals surface area contributed by atoms with Crippen LogP contribution in [0.5, 0.6) is 0 Å². The fraction of sp³-hybridized carbons (Fsp3) is 0.292. The zero-order chi connectivity index (χ0) is 16.9. The van der Waals surface area contributed by atoms with Gasteiger partial charge in [-0.15, -0.1) is 0 Å². The maximum Gasteiger partial charge on any atom is 0.0525 e. The zero-order valence-corrected chi connectivity index (χ0v) is 14.5. The molecule has 0 bridgehead atoms. The largest absolute Gasteiger partial charge is 0.260 e. The molecule has 25 heavy (non-hydrogen) atoms. The number of pyridine rings is 1. The standard InChI is InChI=1S/C24H23N/c1-2-7-19(6-1)8-5-9-20-12-14-21(15-13-20)18-24-23-11-4-3-10-22(23)16-17-25-24/h3-4,10-17,19H,1-2,6-8,18H2. The summed E-state index contributed by atoms with van der Waals surface area (Å²) < 4.78 is 0. The van der Waals surface area contributed by atoms with E-state index in [1.165, 1.54) is 42.0 Å². The summed E-state index contributed by atoms with van der Waals surface area (Å²) in [5, 5.41) is 2.49. The Bertz CT molecular complexity index is 901. The Morgan fingerprint density at radius 3 is 2.56 bits per heavy atom. The van der Waals surface area contributed by atoms with Crippen molar-refractivity contribution in [2.45, 2.75) is 38.5 Å². The van der Waals surface area contributed by atoms with E-state index >= 15 is 0 Å². The number of fused-ring (bicyclic) bond motifs is 1. The predicted molar refractivity (Wildman–Crippen MR) is 104 cm³/mol. The van der Waals surface area contributed by atoms with Gasteiger partial charge in [0.1, 0.15) is 0 Å². The van der Waals surface area contributed by atoms with Gasteiger partial charge in [0, 0.05) is 30.0 Å². The van der Waals surface area contributed by atoms with Crippen LogP contribution in [0.25, 0.3) is 10.8 Å². The first kappa shape index (κ1) is 15.9. The highest BCUT2D eigenvalue weighted by Crippen LogP contribution is 2.27. The molecule has 1 aromatic heterocycles. The Labute approximate surface area is 150 Å². The molecule has 0 saturated heterocycles. The van der Waals surface area contributed by atoms with Crippen LogP contribution in [-0.2, 0) is 6.42 Å². The number of nitrogens with zero attached hydrogens (tertiary/aromatic N) is 1. The first-order chi connectivity index (χ1) is 12.4. The summed E-state index contributed by atoms with van der Waals surface area (Å²) in [5.41, 5.74) is 3.54. The highest BCUT2D eigenvalue weighted by molar-refractivity contribution is 5.84. The van der Waals surface area contributed by atoms with Crippen LogP contribution in [0.15, 0.2) is 60.8 Å². The SMILES string of the molecule is C(#Cc1ccc(Cc2nccc3ccccc23)cc1)CC1CCCC1. The van der Waals surface area contributed by atoms with E-state index < -0.39 is 0 Å². The fourth-order valence-corrected chi connectivity index (χ4v) is 3.73. The van der Waals surface area contributed by atoms with Crippen LogP contribution in [0.2, 0.25) is 0 Å². The lowest BCUT2D eigenvalue weighted by molar-refractivity contribution is 0.567. The van der Waals surface area contributed by atoms with Crippen molar-refractivity contribution in [1.29, 1.82) is 0 Å². The summed E-state index contributed by atoms with van der Waals surface area (Å²) in [6, 6.07) is 19.2. The molecule has 1 aliphatic rings. The van der Waals surface area contributed by atoms with E-state index in [1.54, 1.807) is 0 Å². The number of hydrogen-bond donors (Lipinski definition) is 0. The van der Waals surface area contributed by atoms with Crippen LogP contribution in [0, 0.1) is 17.8 Å². The summed E-state index contributed by atoms with van der Waals surface area (Å²) in [4.78, 5) is 4.59. The van der Waals surface area contributed by atoms with Crippen molar-refractivity contribution in [2.75, 3.05) is 0 Å². The molecule has 0 unspecified atom stereocenters. The average molecular weight is 325 g/mol. The van der Waals surface area contributed by atoms with E-state index in [-0.39, 0.29) is 0 Å². The van der Waals surface area contributed by atoms with Gasteiger partial charge in [-0.2, -0.15) is 0 Å². The van der Waals surface area contributed by atoms with E-state index in [9.17, 15) is 0 Å². The van der Waals surface area contributed by atoms with Gasteiger partial charge in [-0.05, 0) is 47.9 Å². The Kier molecular flexibility index (Phi) is 4.79. The molecular weight excluding hydrogens is 302 g/mol. The van der Waals surface area contributed by atoms with E-state index in [0.29, 0.717) is 0 Å². The highest BCUT2D eigenvalue weighted by atomic mass is 14.7. The number of aromatic nitrogens is 1. The molecule has 124 valence electrons. The van der Waals surface area contributed by atoms with Crippen LogP contribution >= 0.6 is 0 Å². The summed E-state index contributed by atoms with van der Waals surface area (Å²) in [7, 11) is 0. The molecule has 2 aromatic carbocycles. The molecule has 0 aliphatic heterocycles. The summed E-state index contributed by atoms with van der Waals surface area (Å²) in [5.74, 6) is 7.54. The van der Waals surface area contributed by atoms with Crippen molar-refractivity contribution in [1.82, 2.24) is 4.98 Å². The lowest BCUT2D eigenvalue weighted by atomic mass is 10.0. The average Bonchev–Trinajstić information content (AvgIpc) is 3.17. The minimum atomic E-state index is 0.837. The van der Waals surface area contributed by atoms with Crippen molar-refractivity contribution < 1.29 is 0 Å². The fourth-order valence-electron chi connectivity index (χ4n) is 3.73. The second kappa shape index (κ2) is 7.53. The van der Waals surface area contributed by atoms with Gasteiger partial charge in [0.2, 0.25) is 0 Å². The first-order valence-corrected chi connectivity index (χ1v) is 9.29. The summed E-state index contributed by atoms with van der Waals surface area (Å²) >= 11 is 0. The molecule has 3 aromatic rings. The van der Waals surface area contributed by atoms with Crippen molar-refractivity contribution >= 4 is 10.8 Å². The number of hydrogen-bond acceptors (Lipinski definition) is 1. The van der Waals surface area contributed by atoms with Gasteiger partial charge in [-0.3, -0.25) is 4.98 Å². The molecule has 0 radical (unpaired) electrons. The molecule has 1 saturated carbocycles. The highest BCUT2D eigenvalue weighted by Gasteiger charge is 2.12. The normalized spacial score (nSPS) is 14.4. The van der Waals surface area contributed by atoms with E-state index in [1.807, 2.05) is 6.20 Å². The summed E-state index contributed by atoms with van der Waals surface area (Å²) in [6.07, 6.45) is 9.34. The minimum absolute atomic E-state index is 0.837. The van der Waals surface area contributed by atoms with Gasteiger partial charge in [-0.1, -0.05) is 61.1 Å². The van der Waals surface area contributed by atoms with Crippen molar-refractivity contribution in [2.24, 2.45) is 5.92 Å². The Morgan fingerprint density at radius 2 is 1.72 bits per heavy atom. The van der Waals surface area contributed by atoms with E-state index in [2.05, 4.69) is 71.4 Å². The third-order valence-corrected chi connectivity index (χ3v) is 5.18. The maximum absolute atomic E-state index is 4.59. The second-order valence-corrected chi connectivity index (χ2v) is 7.01. The molecule has 1 heteroatoms. The monoisotopic (exact) mass is 325 g/mol. The van der Waals surface area contributed by atoms with Crippen molar-refractivity contribution in [3.63, 3.8) is 0 Å². The number of rotatable bonds is 3. The van der Waals surface area contributed by atoms with Crippen LogP contribution in [0.1, 0.15) is 48.9 Å². The first-order valence-electron chi connectivity index (χ1n) is 9.29. The van der Waals surface area contributed by atoms with Gasteiger partial charge in [0.15, 0.2) is 0 Å². The van der Waals surface area contributed by atoms with Crippen molar-refractivity contribution in [3.8, 4) is 11.8 Å².